The Labute approximate surface area is 85.8 Å². The number of nitrogens with zero attached hydrogens (tertiary/aromatic N) is 1. The smallest absolute Gasteiger partial charge is 0.271 e. The zero-order valence-electron chi connectivity index (χ0n) is 7.37. The maximum absolute atomic E-state index is 10.6. The van der Waals surface area contributed by atoms with Crippen molar-refractivity contribution in [2.75, 3.05) is 0 Å². The molecule has 74 valence electrons. The van der Waals surface area contributed by atoms with Crippen molar-refractivity contribution >= 4 is 17.3 Å². The Hall–Kier alpha value is -1.13. The van der Waals surface area contributed by atoms with Crippen LogP contribution in [0, 0.1) is 10.1 Å². The van der Waals surface area contributed by atoms with Crippen LogP contribution in [0.4, 0.5) is 5.69 Å². The minimum absolute atomic E-state index is 0.0443. The molecule has 14 heavy (non-hydrogen) atoms. The van der Waals surface area contributed by atoms with Gasteiger partial charge in [0.1, 0.15) is 0 Å². The van der Waals surface area contributed by atoms with E-state index in [9.17, 15) is 10.1 Å². The van der Waals surface area contributed by atoms with Crippen molar-refractivity contribution in [1.82, 2.24) is 0 Å². The van der Waals surface area contributed by atoms with E-state index in [0.29, 0.717) is 5.02 Å². The van der Waals surface area contributed by atoms with Gasteiger partial charge in [-0.15, -0.1) is 0 Å². The van der Waals surface area contributed by atoms with E-state index in [-0.39, 0.29) is 11.7 Å². The fourth-order valence-corrected chi connectivity index (χ4v) is 2.22. The molecule has 1 aromatic rings. The molecule has 0 bridgehead atoms. The third kappa shape index (κ3) is 1.36. The van der Waals surface area contributed by atoms with Crippen molar-refractivity contribution in [3.05, 3.63) is 38.4 Å². The molecule has 4 nitrogen and oxygen atoms in total. The van der Waals surface area contributed by atoms with Crippen molar-refractivity contribution in [2.24, 2.45) is 5.73 Å². The minimum atomic E-state index is -0.435. The van der Waals surface area contributed by atoms with Crippen LogP contribution in [0.3, 0.4) is 0 Å². The number of halogens is 1. The molecule has 5 heteroatoms. The van der Waals surface area contributed by atoms with E-state index in [1.54, 1.807) is 6.07 Å². The molecule has 0 radical (unpaired) electrons. The molecular formula is C9H9ClN2O2. The van der Waals surface area contributed by atoms with Crippen LogP contribution in [0.5, 0.6) is 0 Å². The highest BCUT2D eigenvalue weighted by molar-refractivity contribution is 6.31. The average molecular weight is 213 g/mol. The standard InChI is InChI=1S/C9H9ClN2O2/c10-7-4-6(12(13)14)3-5-1-2-8(11)9(5)7/h3-4,8H,1-2,11H2/t8-/m1/s1. The zero-order chi connectivity index (χ0) is 10.3. The fourth-order valence-electron chi connectivity index (χ4n) is 1.84. The summed E-state index contributed by atoms with van der Waals surface area (Å²) >= 11 is 5.93. The molecule has 0 saturated heterocycles. The van der Waals surface area contributed by atoms with Gasteiger partial charge in [0.05, 0.1) is 9.95 Å². The maximum atomic E-state index is 10.6. The molecular weight excluding hydrogens is 204 g/mol. The molecule has 0 fully saturated rings. The Morgan fingerprint density at radius 3 is 2.93 bits per heavy atom. The topological polar surface area (TPSA) is 69.2 Å². The number of rotatable bonds is 1. The van der Waals surface area contributed by atoms with Crippen molar-refractivity contribution in [1.29, 1.82) is 0 Å². The van der Waals surface area contributed by atoms with Crippen LogP contribution in [0.2, 0.25) is 5.02 Å². The molecule has 2 rings (SSSR count). The largest absolute Gasteiger partial charge is 0.324 e. The summed E-state index contributed by atoms with van der Waals surface area (Å²) in [6.45, 7) is 0. The van der Waals surface area contributed by atoms with Gasteiger partial charge >= 0.3 is 0 Å². The van der Waals surface area contributed by atoms with Crippen LogP contribution < -0.4 is 5.73 Å². The van der Waals surface area contributed by atoms with E-state index in [1.165, 1.54) is 6.07 Å². The highest BCUT2D eigenvalue weighted by atomic mass is 35.5. The molecule has 1 aliphatic carbocycles. The molecule has 0 saturated carbocycles. The summed E-state index contributed by atoms with van der Waals surface area (Å²) in [6.07, 6.45) is 1.59. The van der Waals surface area contributed by atoms with Gasteiger partial charge in [-0.3, -0.25) is 10.1 Å². The normalized spacial score (nSPS) is 19.4. The molecule has 0 heterocycles. The first kappa shape index (κ1) is 9.43. The number of benzene rings is 1. The number of hydrogen-bond donors (Lipinski definition) is 1. The molecule has 1 aliphatic rings. The summed E-state index contributed by atoms with van der Waals surface area (Å²) in [5, 5.41) is 11.0. The first-order chi connectivity index (χ1) is 6.59. The van der Waals surface area contributed by atoms with E-state index in [1.807, 2.05) is 0 Å². The third-order valence-corrected chi connectivity index (χ3v) is 2.82. The number of aryl methyl sites for hydroxylation is 1. The quantitative estimate of drug-likeness (QED) is 0.573. The Morgan fingerprint density at radius 1 is 1.57 bits per heavy atom. The summed E-state index contributed by atoms with van der Waals surface area (Å²) in [6, 6.07) is 2.86. The van der Waals surface area contributed by atoms with E-state index in [2.05, 4.69) is 0 Å². The van der Waals surface area contributed by atoms with Gasteiger partial charge in [0, 0.05) is 18.2 Å². The molecule has 0 unspecified atom stereocenters. The van der Waals surface area contributed by atoms with Crippen molar-refractivity contribution in [2.45, 2.75) is 18.9 Å². The second kappa shape index (κ2) is 3.22. The first-order valence-electron chi connectivity index (χ1n) is 4.32. The van der Waals surface area contributed by atoms with E-state index >= 15 is 0 Å². The highest BCUT2D eigenvalue weighted by Gasteiger charge is 2.24. The number of non-ortho nitro benzene ring substituents is 1. The van der Waals surface area contributed by atoms with Crippen LogP contribution in [0.15, 0.2) is 12.1 Å². The van der Waals surface area contributed by atoms with Gasteiger partial charge in [-0.1, -0.05) is 11.6 Å². The zero-order valence-corrected chi connectivity index (χ0v) is 8.12. The van der Waals surface area contributed by atoms with Crippen LogP contribution in [-0.4, -0.2) is 4.92 Å². The monoisotopic (exact) mass is 212 g/mol. The van der Waals surface area contributed by atoms with Crippen molar-refractivity contribution in [3.63, 3.8) is 0 Å². The fraction of sp³-hybridized carbons (Fsp3) is 0.333. The molecule has 2 N–H and O–H groups in total. The van der Waals surface area contributed by atoms with Crippen LogP contribution in [0.25, 0.3) is 0 Å². The van der Waals surface area contributed by atoms with Gasteiger partial charge < -0.3 is 5.73 Å². The number of nitrogens with two attached hydrogens (primary N) is 1. The Kier molecular flexibility index (Phi) is 2.17. The number of nitro benzene ring substituents is 1. The van der Waals surface area contributed by atoms with E-state index in [0.717, 1.165) is 24.0 Å². The Balaban J connectivity index is 2.57. The number of nitro groups is 1. The summed E-state index contributed by atoms with van der Waals surface area (Å²) in [7, 11) is 0. The summed E-state index contributed by atoms with van der Waals surface area (Å²) in [4.78, 5) is 10.1. The molecule has 0 amide bonds. The lowest BCUT2D eigenvalue weighted by Crippen LogP contribution is -2.06. The average Bonchev–Trinajstić information content (AvgIpc) is 2.48. The number of fused-ring (bicyclic) bond motifs is 1. The van der Waals surface area contributed by atoms with Gasteiger partial charge in [0.2, 0.25) is 0 Å². The molecule has 0 aliphatic heterocycles. The highest BCUT2D eigenvalue weighted by Crippen LogP contribution is 2.37. The summed E-state index contributed by atoms with van der Waals surface area (Å²) in [5.41, 5.74) is 7.65. The molecule has 1 atom stereocenters. The van der Waals surface area contributed by atoms with Crippen molar-refractivity contribution in [3.8, 4) is 0 Å². The molecule has 0 aromatic heterocycles. The van der Waals surface area contributed by atoms with E-state index in [4.69, 9.17) is 17.3 Å². The van der Waals surface area contributed by atoms with Crippen molar-refractivity contribution < 1.29 is 4.92 Å². The van der Waals surface area contributed by atoms with Crippen LogP contribution in [-0.2, 0) is 6.42 Å². The SMILES string of the molecule is N[C@@H]1CCc2cc([N+](=O)[O-])cc(Cl)c21. The lowest BCUT2D eigenvalue weighted by atomic mass is 10.1. The van der Waals surface area contributed by atoms with Gasteiger partial charge in [-0.2, -0.15) is 0 Å². The van der Waals surface area contributed by atoms with Crippen LogP contribution >= 0.6 is 11.6 Å². The Bertz CT molecular complexity index is 406. The summed E-state index contributed by atoms with van der Waals surface area (Å²) < 4.78 is 0. The van der Waals surface area contributed by atoms with Gasteiger partial charge in [0.15, 0.2) is 0 Å². The van der Waals surface area contributed by atoms with E-state index < -0.39 is 4.92 Å². The van der Waals surface area contributed by atoms with Crippen LogP contribution in [0.1, 0.15) is 23.6 Å². The summed E-state index contributed by atoms with van der Waals surface area (Å²) in [5.74, 6) is 0. The van der Waals surface area contributed by atoms with Gasteiger partial charge in [-0.05, 0) is 24.0 Å². The lowest BCUT2D eigenvalue weighted by molar-refractivity contribution is -0.384. The second-order valence-corrected chi connectivity index (χ2v) is 3.81. The predicted molar refractivity (Wildman–Crippen MR) is 53.4 cm³/mol. The maximum Gasteiger partial charge on any atom is 0.271 e. The number of hydrogen-bond acceptors (Lipinski definition) is 3. The molecule has 0 spiro atoms. The molecule has 1 aromatic carbocycles. The van der Waals surface area contributed by atoms with Gasteiger partial charge in [-0.25, -0.2) is 0 Å². The Morgan fingerprint density at radius 2 is 2.29 bits per heavy atom. The lowest BCUT2D eigenvalue weighted by Gasteiger charge is -2.06. The third-order valence-electron chi connectivity index (χ3n) is 2.51. The van der Waals surface area contributed by atoms with Gasteiger partial charge in [0.25, 0.3) is 5.69 Å². The predicted octanol–water partition coefficient (Wildman–Crippen LogP) is 2.19. The second-order valence-electron chi connectivity index (χ2n) is 3.40. The first-order valence-corrected chi connectivity index (χ1v) is 4.69. The minimum Gasteiger partial charge on any atom is -0.324 e.